The second-order valence-electron chi connectivity index (χ2n) is 1.34. The maximum absolute atomic E-state index is 3.07. The first kappa shape index (κ1) is 7.17. The minimum atomic E-state index is 0. The van der Waals surface area contributed by atoms with Crippen LogP contribution in [-0.4, -0.2) is 0 Å². The smallest absolute Gasteiger partial charge is 0 e. The van der Waals surface area contributed by atoms with E-state index in [2.05, 4.69) is 12.2 Å². The molecule has 0 nitrogen and oxygen atoms in total. The van der Waals surface area contributed by atoms with Crippen LogP contribution >= 0.6 is 0 Å². The molecule has 0 heterocycles. The van der Waals surface area contributed by atoms with Crippen LogP contribution in [0, 0.1) is 6.08 Å². The minimum Gasteiger partial charge on any atom is -0.275 e. The summed E-state index contributed by atoms with van der Waals surface area (Å²) < 4.78 is 0. The van der Waals surface area contributed by atoms with Crippen molar-refractivity contribution >= 4 is 0 Å². The second kappa shape index (κ2) is 4.33. The first-order valence-electron chi connectivity index (χ1n) is 2.22. The summed E-state index contributed by atoms with van der Waals surface area (Å²) in [6.07, 6.45) is 11.5. The van der Waals surface area contributed by atoms with Crippen LogP contribution in [0.25, 0.3) is 0 Å². The van der Waals surface area contributed by atoms with Crippen molar-refractivity contribution in [2.75, 3.05) is 0 Å². The molecule has 0 aromatic rings. The van der Waals surface area contributed by atoms with Crippen LogP contribution in [-0.2, 0) is 21.1 Å². The summed E-state index contributed by atoms with van der Waals surface area (Å²) in [4.78, 5) is 0. The Morgan fingerprint density at radius 2 is 2.29 bits per heavy atom. The minimum absolute atomic E-state index is 0. The predicted molar refractivity (Wildman–Crippen MR) is 26.2 cm³/mol. The molecule has 0 N–H and O–H groups in total. The van der Waals surface area contributed by atoms with E-state index in [-0.39, 0.29) is 21.1 Å². The number of hydrogen-bond donors (Lipinski definition) is 0. The molecule has 0 aromatic carbocycles. The normalized spacial score (nSPS) is 16.0. The summed E-state index contributed by atoms with van der Waals surface area (Å²) in [5.74, 6) is 0. The Hall–Kier alpha value is 0.168. The van der Waals surface area contributed by atoms with Crippen molar-refractivity contribution in [2.24, 2.45) is 0 Å². The fourth-order valence-electron chi connectivity index (χ4n) is 0.482. The molecule has 0 saturated carbocycles. The zero-order valence-corrected chi connectivity index (χ0v) is 6.99. The van der Waals surface area contributed by atoms with Gasteiger partial charge in [-0.1, -0.05) is 6.42 Å². The van der Waals surface area contributed by atoms with Crippen molar-refractivity contribution in [1.82, 2.24) is 0 Å². The largest absolute Gasteiger partial charge is 0.275 e. The van der Waals surface area contributed by atoms with E-state index in [1.165, 1.54) is 6.42 Å². The topological polar surface area (TPSA) is 0 Å². The SMILES string of the molecule is [C-]1=CC=CCC1.[W]. The molecule has 0 spiro atoms. The standard InChI is InChI=1S/C6H7.W/c1-2-4-6-5-3-1;/h1-3H,4,6H2;/q-1;. The summed E-state index contributed by atoms with van der Waals surface area (Å²) in [6, 6.07) is 0. The Balaban J connectivity index is 0.000000360. The Morgan fingerprint density at radius 1 is 1.43 bits per heavy atom. The molecule has 1 rings (SSSR count). The van der Waals surface area contributed by atoms with E-state index < -0.39 is 0 Å². The third kappa shape index (κ3) is 2.82. The van der Waals surface area contributed by atoms with E-state index in [1.807, 2.05) is 12.2 Å². The average molecular weight is 263 g/mol. The molecule has 0 aromatic heterocycles. The Labute approximate surface area is 58.6 Å². The van der Waals surface area contributed by atoms with Gasteiger partial charge in [-0.3, -0.25) is 6.08 Å². The Kier molecular flexibility index (Phi) is 4.43. The van der Waals surface area contributed by atoms with Crippen molar-refractivity contribution in [1.29, 1.82) is 0 Å². The number of hydrogen-bond acceptors (Lipinski definition) is 0. The molecule has 7 heavy (non-hydrogen) atoms. The molecule has 1 aliphatic rings. The maximum Gasteiger partial charge on any atom is 0 e. The molecule has 0 amide bonds. The second-order valence-corrected chi connectivity index (χ2v) is 1.34. The molecule has 0 aliphatic heterocycles. The quantitative estimate of drug-likeness (QED) is 0.583. The molecule has 38 valence electrons. The zero-order chi connectivity index (χ0) is 4.24. The molecule has 0 radical (unpaired) electrons. The molecule has 0 unspecified atom stereocenters. The first-order chi connectivity index (χ1) is 3.00. The van der Waals surface area contributed by atoms with Crippen LogP contribution in [0.5, 0.6) is 0 Å². The Morgan fingerprint density at radius 3 is 2.43 bits per heavy atom. The van der Waals surface area contributed by atoms with Crippen molar-refractivity contribution in [2.45, 2.75) is 12.8 Å². The average Bonchev–Trinajstić information content (AvgIpc) is 1.72. The van der Waals surface area contributed by atoms with Gasteiger partial charge in [-0.2, -0.15) is 6.08 Å². The molecule has 1 heteroatoms. The van der Waals surface area contributed by atoms with Gasteiger partial charge < -0.3 is 0 Å². The maximum atomic E-state index is 3.07. The predicted octanol–water partition coefficient (Wildman–Crippen LogP) is 1.69. The summed E-state index contributed by atoms with van der Waals surface area (Å²) in [6.45, 7) is 0. The first-order valence-corrected chi connectivity index (χ1v) is 2.22. The summed E-state index contributed by atoms with van der Waals surface area (Å²) in [5.41, 5.74) is 0. The van der Waals surface area contributed by atoms with E-state index in [4.69, 9.17) is 0 Å². The number of rotatable bonds is 0. The van der Waals surface area contributed by atoms with Gasteiger partial charge in [0, 0.05) is 21.1 Å². The third-order valence-electron chi connectivity index (χ3n) is 0.806. The van der Waals surface area contributed by atoms with Crippen LogP contribution in [0.15, 0.2) is 18.2 Å². The van der Waals surface area contributed by atoms with E-state index in [0.29, 0.717) is 0 Å². The monoisotopic (exact) mass is 263 g/mol. The van der Waals surface area contributed by atoms with Gasteiger partial charge in [-0.05, 0) is 0 Å². The zero-order valence-electron chi connectivity index (χ0n) is 4.05. The summed E-state index contributed by atoms with van der Waals surface area (Å²) >= 11 is 0. The van der Waals surface area contributed by atoms with Crippen LogP contribution in [0.2, 0.25) is 0 Å². The van der Waals surface area contributed by atoms with Gasteiger partial charge in [0.2, 0.25) is 0 Å². The van der Waals surface area contributed by atoms with Gasteiger partial charge in [0.15, 0.2) is 0 Å². The summed E-state index contributed by atoms with van der Waals surface area (Å²) in [5, 5.41) is 0. The molecule has 1 aliphatic carbocycles. The third-order valence-corrected chi connectivity index (χ3v) is 0.806. The molecular formula is C6H7W-. The van der Waals surface area contributed by atoms with Gasteiger partial charge in [-0.15, -0.1) is 6.42 Å². The van der Waals surface area contributed by atoms with Crippen molar-refractivity contribution in [3.63, 3.8) is 0 Å². The van der Waals surface area contributed by atoms with Crippen molar-refractivity contribution in [3.8, 4) is 0 Å². The molecule has 0 bridgehead atoms. The molecule has 0 atom stereocenters. The molecule has 0 fully saturated rings. The molecule has 0 saturated heterocycles. The van der Waals surface area contributed by atoms with Crippen LogP contribution in [0.4, 0.5) is 0 Å². The van der Waals surface area contributed by atoms with Gasteiger partial charge in [0.05, 0.1) is 0 Å². The van der Waals surface area contributed by atoms with Crippen molar-refractivity contribution in [3.05, 3.63) is 24.3 Å². The van der Waals surface area contributed by atoms with Gasteiger partial charge >= 0.3 is 0 Å². The molecular weight excluding hydrogens is 256 g/mol. The van der Waals surface area contributed by atoms with Crippen LogP contribution in [0.1, 0.15) is 12.8 Å². The summed E-state index contributed by atoms with van der Waals surface area (Å²) in [7, 11) is 0. The fraction of sp³-hybridized carbons (Fsp3) is 0.333. The van der Waals surface area contributed by atoms with Crippen molar-refractivity contribution < 1.29 is 21.1 Å². The van der Waals surface area contributed by atoms with E-state index in [9.17, 15) is 0 Å². The van der Waals surface area contributed by atoms with Gasteiger partial charge in [-0.25, -0.2) is 12.2 Å². The van der Waals surface area contributed by atoms with Gasteiger partial charge in [0.25, 0.3) is 0 Å². The van der Waals surface area contributed by atoms with E-state index >= 15 is 0 Å². The van der Waals surface area contributed by atoms with Crippen LogP contribution < -0.4 is 0 Å². The number of allylic oxidation sites excluding steroid dienone is 4. The van der Waals surface area contributed by atoms with Crippen LogP contribution in [0.3, 0.4) is 0 Å². The van der Waals surface area contributed by atoms with Gasteiger partial charge in [0.1, 0.15) is 0 Å². The van der Waals surface area contributed by atoms with E-state index in [1.54, 1.807) is 0 Å². The fourth-order valence-corrected chi connectivity index (χ4v) is 0.482. The Bertz CT molecular complexity index is 70.2. The van der Waals surface area contributed by atoms with E-state index in [0.717, 1.165) is 6.42 Å².